The van der Waals surface area contributed by atoms with Gasteiger partial charge in [0.05, 0.1) is 33.2 Å². The molecule has 4 rings (SSSR count). The number of halogens is 8. The van der Waals surface area contributed by atoms with Crippen molar-refractivity contribution in [3.8, 4) is 17.5 Å². The van der Waals surface area contributed by atoms with Crippen LogP contribution in [0.4, 0.5) is 37.1 Å². The van der Waals surface area contributed by atoms with E-state index in [4.69, 9.17) is 58.3 Å². The Morgan fingerprint density at radius 3 is 2.11 bits per heavy atom. The highest BCUT2D eigenvalue weighted by molar-refractivity contribution is 7.90. The van der Waals surface area contributed by atoms with Gasteiger partial charge in [-0.3, -0.25) is 14.7 Å². The van der Waals surface area contributed by atoms with Crippen LogP contribution in [0.3, 0.4) is 0 Å². The third-order valence-corrected chi connectivity index (χ3v) is 10.9. The molecule has 0 spiro atoms. The van der Waals surface area contributed by atoms with Crippen molar-refractivity contribution in [2.45, 2.75) is 62.5 Å². The molecule has 4 aromatic rings. The van der Waals surface area contributed by atoms with Gasteiger partial charge in [-0.05, 0) is 74.7 Å². The highest BCUT2D eigenvalue weighted by Crippen LogP contribution is 2.38. The lowest BCUT2D eigenvalue weighted by molar-refractivity contribution is -0.146. The van der Waals surface area contributed by atoms with Crippen molar-refractivity contribution in [3.63, 3.8) is 0 Å². The molecule has 0 aliphatic rings. The lowest BCUT2D eigenvalue weighted by Crippen LogP contribution is -2.35. The summed E-state index contributed by atoms with van der Waals surface area (Å²) in [6.07, 6.45) is -12.2. The number of hydrogen-bond acceptors (Lipinski definition) is 14. The number of hydrogen-bond donors (Lipinski definition) is 6. The number of rotatable bonds is 15. The molecule has 0 fully saturated rings. The third-order valence-electron chi connectivity index (χ3n) is 7.75. The number of carbonyl (C=O) groups excluding carboxylic acids is 2. The van der Waals surface area contributed by atoms with Crippen LogP contribution in [0.15, 0.2) is 65.6 Å². The second-order valence-electron chi connectivity index (χ2n) is 13.3. The van der Waals surface area contributed by atoms with Crippen LogP contribution in [0.25, 0.3) is 0 Å². The number of carbonyl (C=O) groups is 4. The number of aryl methyl sites for hydroxylation is 2. The molecule has 2 unspecified atom stereocenters. The van der Waals surface area contributed by atoms with E-state index < -0.39 is 89.1 Å². The summed E-state index contributed by atoms with van der Waals surface area (Å²) >= 11 is 11.7. The zero-order valence-electron chi connectivity index (χ0n) is 34.5. The van der Waals surface area contributed by atoms with Crippen LogP contribution >= 0.6 is 30.6 Å². The predicted molar refractivity (Wildman–Crippen MR) is 223 cm³/mol. The van der Waals surface area contributed by atoms with Gasteiger partial charge in [0, 0.05) is 19.2 Å². The maximum atomic E-state index is 12.7. The fraction of sp³-hybridized carbons (Fsp3) is 0.324. The van der Waals surface area contributed by atoms with Crippen molar-refractivity contribution >= 4 is 70.5 Å². The molecule has 0 radical (unpaired) electrons. The number of ether oxygens (including phenoxy) is 3. The number of urea groups is 1. The molecule has 19 nitrogen and oxygen atoms in total. The van der Waals surface area contributed by atoms with Gasteiger partial charge in [-0.25, -0.2) is 27.5 Å². The van der Waals surface area contributed by atoms with Gasteiger partial charge in [0.1, 0.15) is 23.4 Å². The van der Waals surface area contributed by atoms with Crippen LogP contribution in [-0.2, 0) is 41.5 Å². The normalized spacial score (nSPS) is 13.2. The third kappa shape index (κ3) is 19.8. The second-order valence-corrected chi connectivity index (χ2v) is 18.3. The molecule has 0 aliphatic carbocycles. The van der Waals surface area contributed by atoms with Crippen molar-refractivity contribution in [2.75, 3.05) is 25.3 Å². The van der Waals surface area contributed by atoms with Crippen molar-refractivity contribution in [2.24, 2.45) is 5.73 Å². The molecular weight excluding hydrogens is 984 g/mol. The lowest BCUT2D eigenvalue weighted by Gasteiger charge is -2.13. The van der Waals surface area contributed by atoms with Gasteiger partial charge >= 0.3 is 42.3 Å². The Balaban J connectivity index is 0.000000371. The molecule has 0 bridgehead atoms. The molecule has 1 heterocycles. The van der Waals surface area contributed by atoms with E-state index in [-0.39, 0.29) is 63.0 Å². The number of esters is 1. The van der Waals surface area contributed by atoms with E-state index in [0.717, 1.165) is 31.2 Å². The number of anilines is 1. The Labute approximate surface area is 381 Å². The monoisotopic (exact) mass is 1020 g/mol. The van der Waals surface area contributed by atoms with Crippen LogP contribution in [-0.4, -0.2) is 101 Å². The number of nitrogens with two attached hydrogens (primary N) is 1. The number of carboxylic acid groups (broad SMARTS) is 2. The van der Waals surface area contributed by atoms with Crippen LogP contribution in [0.2, 0.25) is 10.0 Å². The van der Waals surface area contributed by atoms with Gasteiger partial charge in [0.15, 0.2) is 13.5 Å². The van der Waals surface area contributed by atoms with Gasteiger partial charge in [-0.15, -0.1) is 0 Å². The number of alkyl halides is 6. The first kappa shape index (κ1) is 56.3. The summed E-state index contributed by atoms with van der Waals surface area (Å²) in [5.41, 5.74) is 3.90. The predicted octanol–water partition coefficient (Wildman–Crippen LogP) is 7.32. The number of methoxy groups -OCH3 is 1. The standard InChI is InChI=1S/C17H11Cl2F3O5.C15H16F3N5O4S.C5H12NO4P/c1-8(15(23)24)26-16(25)11-7-10(3-4-12(11)18)27-14-5-2-9(6-13(14)19)17(20,21)22;1-9-19-12(22-14(20-9)27-2)21-13(24)23-28(25,26)11-6-4-3-5-10(11)7-8-15(16,17)18;1-11(9,10)3-2-4(6)5(7)8/h2-8H,1H3,(H,23,24);3-6H,7-8H2,1-2H3,(H2,19,20,21,22,23,24);4H,2-3,6H2,1H3,(H,7,8)(H,9,10)/t8-;;/m0../s1. The van der Waals surface area contributed by atoms with Crippen molar-refractivity contribution < 1.29 is 87.8 Å². The summed E-state index contributed by atoms with van der Waals surface area (Å²) in [5, 5.41) is 18.9. The first-order valence-electron chi connectivity index (χ1n) is 18.1. The van der Waals surface area contributed by atoms with Gasteiger partial charge in [0.25, 0.3) is 10.0 Å². The minimum atomic E-state index is -4.56. The molecule has 362 valence electrons. The van der Waals surface area contributed by atoms with E-state index in [0.29, 0.717) is 6.07 Å². The Bertz CT molecular complexity index is 2540. The van der Waals surface area contributed by atoms with E-state index in [1.54, 1.807) is 4.72 Å². The number of aliphatic carboxylic acids is 2. The average molecular weight is 1020 g/mol. The molecule has 29 heteroatoms. The van der Waals surface area contributed by atoms with Crippen molar-refractivity contribution in [1.29, 1.82) is 0 Å². The lowest BCUT2D eigenvalue weighted by atomic mass is 10.1. The van der Waals surface area contributed by atoms with E-state index in [2.05, 4.69) is 20.3 Å². The van der Waals surface area contributed by atoms with E-state index in [9.17, 15) is 58.5 Å². The number of amides is 2. The summed E-state index contributed by atoms with van der Waals surface area (Å²) in [4.78, 5) is 64.6. The summed E-state index contributed by atoms with van der Waals surface area (Å²) in [7, 11) is -6.25. The molecular formula is C37H39Cl2F6N6O13PS. The van der Waals surface area contributed by atoms with Gasteiger partial charge in [-0.2, -0.15) is 41.3 Å². The minimum Gasteiger partial charge on any atom is -0.480 e. The Morgan fingerprint density at radius 1 is 0.924 bits per heavy atom. The molecule has 0 aliphatic heterocycles. The van der Waals surface area contributed by atoms with Gasteiger partial charge in [-0.1, -0.05) is 41.4 Å². The molecule has 2 amide bonds. The zero-order chi connectivity index (χ0) is 50.4. The Kier molecular flexibility index (Phi) is 20.6. The van der Waals surface area contributed by atoms with Crippen LogP contribution < -0.4 is 25.2 Å². The Hall–Kier alpha value is -5.79. The number of nitrogens with zero attached hydrogens (tertiary/aromatic N) is 3. The molecule has 3 atom stereocenters. The summed E-state index contributed by atoms with van der Waals surface area (Å²) in [6, 6.07) is 9.11. The number of carboxylic acids is 2. The fourth-order valence-corrected chi connectivity index (χ4v) is 6.89. The molecule has 1 aromatic heterocycles. The fourth-order valence-electron chi connectivity index (χ4n) is 4.55. The largest absolute Gasteiger partial charge is 0.480 e. The van der Waals surface area contributed by atoms with Gasteiger partial charge < -0.3 is 35.1 Å². The SMILES string of the molecule is COc1nc(C)nc(NC(=O)NS(=O)(=O)c2ccccc2CCC(F)(F)F)n1.CP(=O)(O)CCC(N)C(=O)O.C[C@H](OC(=O)c1cc(Oc2ccc(C(F)(F)F)cc2Cl)ccc1Cl)C(=O)O. The highest BCUT2D eigenvalue weighted by Gasteiger charge is 2.32. The maximum absolute atomic E-state index is 12.7. The summed E-state index contributed by atoms with van der Waals surface area (Å²) in [6.45, 7) is 3.85. The smallest absolute Gasteiger partial charge is 0.416 e. The first-order chi connectivity index (χ1) is 30.3. The van der Waals surface area contributed by atoms with Crippen molar-refractivity contribution in [1.82, 2.24) is 19.7 Å². The first-order valence-corrected chi connectivity index (χ1v) is 22.7. The molecule has 7 N–H and O–H groups in total. The second kappa shape index (κ2) is 24.1. The molecule has 66 heavy (non-hydrogen) atoms. The maximum Gasteiger partial charge on any atom is 0.416 e. The number of sulfonamides is 1. The quantitative estimate of drug-likeness (QED) is 0.0386. The van der Waals surface area contributed by atoms with Gasteiger partial charge in [0.2, 0.25) is 5.95 Å². The number of benzene rings is 3. The van der Waals surface area contributed by atoms with E-state index >= 15 is 0 Å². The summed E-state index contributed by atoms with van der Waals surface area (Å²) < 4.78 is 128. The van der Waals surface area contributed by atoms with Crippen LogP contribution in [0.1, 0.15) is 47.1 Å². The number of aromatic nitrogens is 3. The minimum absolute atomic E-state index is 0.0246. The van der Waals surface area contributed by atoms with E-state index in [1.807, 2.05) is 0 Å². The van der Waals surface area contributed by atoms with E-state index in [1.165, 1.54) is 51.0 Å². The number of nitrogens with one attached hydrogen (secondary N) is 2. The summed E-state index contributed by atoms with van der Waals surface area (Å²) in [5.74, 6) is -3.58. The van der Waals surface area contributed by atoms with Crippen LogP contribution in [0.5, 0.6) is 17.5 Å². The molecule has 0 saturated heterocycles. The topological polar surface area (TPSA) is 297 Å². The van der Waals surface area contributed by atoms with Crippen LogP contribution in [0, 0.1) is 6.92 Å². The molecule has 3 aromatic carbocycles. The average Bonchev–Trinajstić information content (AvgIpc) is 3.19. The Morgan fingerprint density at radius 2 is 1.56 bits per heavy atom. The highest BCUT2D eigenvalue weighted by atomic mass is 35.5. The van der Waals surface area contributed by atoms with Crippen molar-refractivity contribution in [3.05, 3.63) is 93.2 Å². The zero-order valence-corrected chi connectivity index (χ0v) is 37.7. The molecule has 0 saturated carbocycles.